The second-order valence-corrected chi connectivity index (χ2v) is 3.53. The fourth-order valence-electron chi connectivity index (χ4n) is 1.74. The normalized spacial score (nSPS) is 22.5. The highest BCUT2D eigenvalue weighted by atomic mass is 16.7. The number of nitriles is 1. The topological polar surface area (TPSA) is 62.3 Å². The van der Waals surface area contributed by atoms with Crippen molar-refractivity contribution in [1.82, 2.24) is 5.06 Å². The van der Waals surface area contributed by atoms with Crippen LogP contribution < -0.4 is 5.73 Å². The van der Waals surface area contributed by atoms with Gasteiger partial charge in [-0.2, -0.15) is 10.3 Å². The van der Waals surface area contributed by atoms with Crippen LogP contribution in [0, 0.1) is 17.2 Å². The van der Waals surface area contributed by atoms with Crippen LogP contribution in [0.3, 0.4) is 0 Å². The standard InChI is InChI=1S/C9H17N3O/c1-13-12-4-2-8(3-5-12)6-9(11)7-10/h8-9H,2-6,11H2,1H3. The van der Waals surface area contributed by atoms with Gasteiger partial charge in [-0.25, -0.2) is 0 Å². The molecule has 0 spiro atoms. The number of nitrogens with zero attached hydrogens (tertiary/aromatic N) is 2. The summed E-state index contributed by atoms with van der Waals surface area (Å²) in [4.78, 5) is 5.11. The van der Waals surface area contributed by atoms with E-state index >= 15 is 0 Å². The quantitative estimate of drug-likeness (QED) is 0.692. The van der Waals surface area contributed by atoms with Crippen molar-refractivity contribution in [3.63, 3.8) is 0 Å². The summed E-state index contributed by atoms with van der Waals surface area (Å²) in [6.45, 7) is 1.92. The molecule has 0 saturated carbocycles. The summed E-state index contributed by atoms with van der Waals surface area (Å²) in [5, 5.41) is 10.5. The monoisotopic (exact) mass is 183 g/mol. The first-order chi connectivity index (χ1) is 6.26. The molecular formula is C9H17N3O. The minimum Gasteiger partial charge on any atom is -0.316 e. The minimum absolute atomic E-state index is 0.293. The maximum atomic E-state index is 8.55. The van der Waals surface area contributed by atoms with E-state index < -0.39 is 0 Å². The van der Waals surface area contributed by atoms with E-state index in [1.165, 1.54) is 0 Å². The molecular weight excluding hydrogens is 166 g/mol. The van der Waals surface area contributed by atoms with Crippen LogP contribution in [0.4, 0.5) is 0 Å². The molecule has 0 aromatic heterocycles. The lowest BCUT2D eigenvalue weighted by Crippen LogP contribution is -2.34. The fourth-order valence-corrected chi connectivity index (χ4v) is 1.74. The molecule has 1 saturated heterocycles. The minimum atomic E-state index is -0.293. The molecule has 0 amide bonds. The van der Waals surface area contributed by atoms with Crippen molar-refractivity contribution in [1.29, 1.82) is 5.26 Å². The molecule has 1 rings (SSSR count). The van der Waals surface area contributed by atoms with Crippen LogP contribution in [-0.4, -0.2) is 31.3 Å². The van der Waals surface area contributed by atoms with Gasteiger partial charge in [0.25, 0.3) is 0 Å². The Bertz CT molecular complexity index is 182. The summed E-state index contributed by atoms with van der Waals surface area (Å²) >= 11 is 0. The van der Waals surface area contributed by atoms with Gasteiger partial charge in [0.1, 0.15) is 0 Å². The smallest absolute Gasteiger partial charge is 0.0930 e. The Balaban J connectivity index is 2.22. The Hall–Kier alpha value is -0.630. The SMILES string of the molecule is CON1CCC(CC(N)C#N)CC1. The molecule has 1 fully saturated rings. The third-order valence-electron chi connectivity index (χ3n) is 2.58. The molecule has 1 unspecified atom stereocenters. The number of hydrogen-bond acceptors (Lipinski definition) is 4. The van der Waals surface area contributed by atoms with Gasteiger partial charge in [-0.3, -0.25) is 0 Å². The van der Waals surface area contributed by atoms with Gasteiger partial charge in [-0.05, 0) is 25.2 Å². The lowest BCUT2D eigenvalue weighted by molar-refractivity contribution is -0.148. The van der Waals surface area contributed by atoms with E-state index in [1.54, 1.807) is 7.11 Å². The zero-order chi connectivity index (χ0) is 9.68. The van der Waals surface area contributed by atoms with Crippen LogP contribution in [0.2, 0.25) is 0 Å². The first-order valence-corrected chi connectivity index (χ1v) is 4.70. The molecule has 0 bridgehead atoms. The Kier molecular flexibility index (Phi) is 4.16. The van der Waals surface area contributed by atoms with E-state index in [2.05, 4.69) is 6.07 Å². The maximum Gasteiger partial charge on any atom is 0.0930 e. The van der Waals surface area contributed by atoms with Crippen LogP contribution in [0.5, 0.6) is 0 Å². The highest BCUT2D eigenvalue weighted by molar-refractivity contribution is 4.88. The van der Waals surface area contributed by atoms with Gasteiger partial charge in [0.15, 0.2) is 0 Å². The fraction of sp³-hybridized carbons (Fsp3) is 0.889. The van der Waals surface area contributed by atoms with Crippen LogP contribution in [0.15, 0.2) is 0 Å². The predicted octanol–water partition coefficient (Wildman–Crippen LogP) is 0.501. The summed E-state index contributed by atoms with van der Waals surface area (Å²) < 4.78 is 0. The molecule has 4 heteroatoms. The summed E-state index contributed by atoms with van der Waals surface area (Å²) in [5.41, 5.74) is 5.56. The van der Waals surface area contributed by atoms with E-state index in [4.69, 9.17) is 15.8 Å². The molecule has 0 aromatic carbocycles. The van der Waals surface area contributed by atoms with E-state index in [-0.39, 0.29) is 6.04 Å². The average molecular weight is 183 g/mol. The first-order valence-electron chi connectivity index (χ1n) is 4.70. The molecule has 0 radical (unpaired) electrons. The van der Waals surface area contributed by atoms with E-state index in [1.807, 2.05) is 5.06 Å². The van der Waals surface area contributed by atoms with Gasteiger partial charge >= 0.3 is 0 Å². The summed E-state index contributed by atoms with van der Waals surface area (Å²) in [5.74, 6) is 0.598. The molecule has 4 nitrogen and oxygen atoms in total. The lowest BCUT2D eigenvalue weighted by Gasteiger charge is -2.30. The second kappa shape index (κ2) is 5.18. The van der Waals surface area contributed by atoms with Crippen molar-refractivity contribution < 1.29 is 4.84 Å². The number of rotatable bonds is 3. The lowest BCUT2D eigenvalue weighted by atomic mass is 9.91. The third kappa shape index (κ3) is 3.31. The predicted molar refractivity (Wildman–Crippen MR) is 49.5 cm³/mol. The summed E-state index contributed by atoms with van der Waals surface area (Å²) in [6, 6.07) is 1.78. The summed E-state index contributed by atoms with van der Waals surface area (Å²) in [7, 11) is 1.70. The van der Waals surface area contributed by atoms with Gasteiger partial charge < -0.3 is 10.6 Å². The Morgan fingerprint density at radius 1 is 1.62 bits per heavy atom. The van der Waals surface area contributed by atoms with Crippen LogP contribution in [-0.2, 0) is 4.84 Å². The van der Waals surface area contributed by atoms with Crippen LogP contribution >= 0.6 is 0 Å². The van der Waals surface area contributed by atoms with E-state index in [9.17, 15) is 0 Å². The number of piperidine rings is 1. The molecule has 0 aromatic rings. The van der Waals surface area contributed by atoms with Crippen molar-refractivity contribution in [2.75, 3.05) is 20.2 Å². The van der Waals surface area contributed by atoms with Crippen molar-refractivity contribution in [3.8, 4) is 6.07 Å². The molecule has 1 aliphatic heterocycles. The van der Waals surface area contributed by atoms with Gasteiger partial charge in [-0.15, -0.1) is 0 Å². The van der Waals surface area contributed by atoms with E-state index in [0.717, 1.165) is 32.4 Å². The van der Waals surface area contributed by atoms with Gasteiger partial charge in [0.2, 0.25) is 0 Å². The second-order valence-electron chi connectivity index (χ2n) is 3.53. The first kappa shape index (κ1) is 10.5. The van der Waals surface area contributed by atoms with Crippen molar-refractivity contribution >= 4 is 0 Å². The molecule has 0 aliphatic carbocycles. The Morgan fingerprint density at radius 2 is 2.23 bits per heavy atom. The van der Waals surface area contributed by atoms with Crippen molar-refractivity contribution in [2.24, 2.45) is 11.7 Å². The van der Waals surface area contributed by atoms with Gasteiger partial charge in [0, 0.05) is 13.1 Å². The molecule has 2 N–H and O–H groups in total. The van der Waals surface area contributed by atoms with Crippen LogP contribution in [0.25, 0.3) is 0 Å². The highest BCUT2D eigenvalue weighted by Gasteiger charge is 2.20. The molecule has 1 heterocycles. The van der Waals surface area contributed by atoms with Crippen LogP contribution in [0.1, 0.15) is 19.3 Å². The zero-order valence-corrected chi connectivity index (χ0v) is 8.07. The Labute approximate surface area is 79.2 Å². The van der Waals surface area contributed by atoms with E-state index in [0.29, 0.717) is 5.92 Å². The highest BCUT2D eigenvalue weighted by Crippen LogP contribution is 2.20. The third-order valence-corrected chi connectivity index (χ3v) is 2.58. The average Bonchev–Trinajstić information content (AvgIpc) is 2.19. The van der Waals surface area contributed by atoms with Crippen molar-refractivity contribution in [3.05, 3.63) is 0 Å². The zero-order valence-electron chi connectivity index (χ0n) is 8.07. The molecule has 1 atom stereocenters. The number of nitrogens with two attached hydrogens (primary N) is 1. The Morgan fingerprint density at radius 3 is 2.69 bits per heavy atom. The molecule has 13 heavy (non-hydrogen) atoms. The number of hydroxylamine groups is 2. The van der Waals surface area contributed by atoms with Gasteiger partial charge in [-0.1, -0.05) is 0 Å². The molecule has 1 aliphatic rings. The summed E-state index contributed by atoms with van der Waals surface area (Å²) in [6.07, 6.45) is 3.00. The van der Waals surface area contributed by atoms with Gasteiger partial charge in [0.05, 0.1) is 19.2 Å². The molecule has 74 valence electrons. The number of hydrogen-bond donors (Lipinski definition) is 1. The maximum absolute atomic E-state index is 8.55. The van der Waals surface area contributed by atoms with Crippen molar-refractivity contribution in [2.45, 2.75) is 25.3 Å². The largest absolute Gasteiger partial charge is 0.316 e.